The Morgan fingerprint density at radius 3 is 2.58 bits per heavy atom. The zero-order valence-electron chi connectivity index (χ0n) is 14.2. The highest BCUT2D eigenvalue weighted by atomic mass is 16.5. The molecule has 126 valence electrons. The van der Waals surface area contributed by atoms with Crippen LogP contribution in [0.2, 0.25) is 0 Å². The maximum Gasteiger partial charge on any atom is 0.359 e. The second-order valence-corrected chi connectivity index (χ2v) is 5.93. The molecule has 1 aliphatic rings. The summed E-state index contributed by atoms with van der Waals surface area (Å²) < 4.78 is 6.94. The molecular weight excluding hydrogens is 306 g/mol. The number of amides is 1. The zero-order chi connectivity index (χ0) is 17.3. The number of nitrogens with zero attached hydrogens (tertiary/aromatic N) is 3. The van der Waals surface area contributed by atoms with Crippen LogP contribution in [-0.2, 0) is 22.5 Å². The summed E-state index contributed by atoms with van der Waals surface area (Å²) in [6.45, 7) is 6.65. The van der Waals surface area contributed by atoms with Crippen molar-refractivity contribution in [2.75, 3.05) is 13.2 Å². The predicted molar refractivity (Wildman–Crippen MR) is 89.1 cm³/mol. The summed E-state index contributed by atoms with van der Waals surface area (Å²) in [7, 11) is 0. The van der Waals surface area contributed by atoms with Crippen molar-refractivity contribution in [2.45, 2.75) is 33.7 Å². The first kappa shape index (κ1) is 16.2. The molecule has 2 aromatic rings. The van der Waals surface area contributed by atoms with Crippen LogP contribution in [0.1, 0.15) is 41.2 Å². The monoisotopic (exact) mass is 327 g/mol. The highest BCUT2D eigenvalue weighted by Gasteiger charge is 2.30. The molecule has 1 amide bonds. The van der Waals surface area contributed by atoms with Gasteiger partial charge in [0.1, 0.15) is 0 Å². The first-order valence-corrected chi connectivity index (χ1v) is 8.11. The van der Waals surface area contributed by atoms with Gasteiger partial charge in [-0.05, 0) is 26.0 Å². The first-order chi connectivity index (χ1) is 11.5. The molecule has 6 heteroatoms. The summed E-state index contributed by atoms with van der Waals surface area (Å²) in [5.41, 5.74) is 4.13. The Bertz CT molecular complexity index is 778. The molecule has 6 nitrogen and oxygen atoms in total. The van der Waals surface area contributed by atoms with E-state index in [0.29, 0.717) is 31.8 Å². The fourth-order valence-corrected chi connectivity index (χ4v) is 2.95. The molecule has 0 saturated heterocycles. The summed E-state index contributed by atoms with van der Waals surface area (Å²) >= 11 is 0. The number of carbonyl (C=O) groups excluding carboxylic acids is 2. The molecule has 0 atom stereocenters. The molecular formula is C18H21N3O3. The molecule has 1 aromatic carbocycles. The highest BCUT2D eigenvalue weighted by molar-refractivity contribution is 5.89. The molecule has 0 spiro atoms. The maximum atomic E-state index is 12.3. The van der Waals surface area contributed by atoms with Gasteiger partial charge in [-0.25, -0.2) is 9.48 Å². The number of hydrogen-bond acceptors (Lipinski definition) is 4. The topological polar surface area (TPSA) is 64.4 Å². The number of aryl methyl sites for hydroxylation is 1. The van der Waals surface area contributed by atoms with Crippen molar-refractivity contribution in [2.24, 2.45) is 0 Å². The molecule has 0 N–H and O–H groups in total. The zero-order valence-corrected chi connectivity index (χ0v) is 14.2. The van der Waals surface area contributed by atoms with E-state index in [1.807, 2.05) is 31.2 Å². The number of carbonyl (C=O) groups is 2. The third-order valence-electron chi connectivity index (χ3n) is 4.25. The van der Waals surface area contributed by atoms with Gasteiger partial charge in [-0.1, -0.05) is 17.7 Å². The maximum absolute atomic E-state index is 12.3. The Morgan fingerprint density at radius 2 is 1.96 bits per heavy atom. The third kappa shape index (κ3) is 2.91. The van der Waals surface area contributed by atoms with Crippen LogP contribution >= 0.6 is 0 Å². The fraction of sp³-hybridized carbons (Fsp3) is 0.389. The van der Waals surface area contributed by atoms with Gasteiger partial charge in [-0.15, -0.1) is 0 Å². The highest BCUT2D eigenvalue weighted by Crippen LogP contribution is 2.26. The van der Waals surface area contributed by atoms with Crippen LogP contribution < -0.4 is 0 Å². The van der Waals surface area contributed by atoms with Crippen LogP contribution in [-0.4, -0.2) is 39.7 Å². The minimum Gasteiger partial charge on any atom is -0.461 e. The third-order valence-corrected chi connectivity index (χ3v) is 4.25. The molecule has 0 aliphatic carbocycles. The molecule has 2 heterocycles. The molecule has 0 radical (unpaired) electrons. The molecule has 3 rings (SSSR count). The van der Waals surface area contributed by atoms with Crippen molar-refractivity contribution in [1.82, 2.24) is 14.7 Å². The molecule has 1 aromatic heterocycles. The van der Waals surface area contributed by atoms with Crippen LogP contribution in [0, 0.1) is 6.92 Å². The lowest BCUT2D eigenvalue weighted by Gasteiger charge is -2.26. The molecule has 0 bridgehead atoms. The van der Waals surface area contributed by atoms with Gasteiger partial charge in [0, 0.05) is 32.0 Å². The SMILES string of the molecule is CCOC(=O)c1nn(-c2ccc(C)cc2)c2c1CN(C(C)=O)CC2. The summed E-state index contributed by atoms with van der Waals surface area (Å²) in [6.07, 6.45) is 0.662. The smallest absolute Gasteiger partial charge is 0.359 e. The summed E-state index contributed by atoms with van der Waals surface area (Å²) in [5.74, 6) is -0.441. The number of aromatic nitrogens is 2. The molecule has 1 aliphatic heterocycles. The van der Waals surface area contributed by atoms with Crippen LogP contribution in [0.15, 0.2) is 24.3 Å². The second kappa shape index (κ2) is 6.47. The van der Waals surface area contributed by atoms with Crippen LogP contribution in [0.5, 0.6) is 0 Å². The van der Waals surface area contributed by atoms with E-state index in [-0.39, 0.29) is 5.91 Å². The van der Waals surface area contributed by atoms with Crippen molar-refractivity contribution in [1.29, 1.82) is 0 Å². The fourth-order valence-electron chi connectivity index (χ4n) is 2.95. The van der Waals surface area contributed by atoms with E-state index in [9.17, 15) is 9.59 Å². The van der Waals surface area contributed by atoms with Gasteiger partial charge in [0.25, 0.3) is 0 Å². The molecule has 24 heavy (non-hydrogen) atoms. The lowest BCUT2D eigenvalue weighted by molar-refractivity contribution is -0.129. The van der Waals surface area contributed by atoms with Crippen molar-refractivity contribution in [3.05, 3.63) is 46.8 Å². The molecule has 0 unspecified atom stereocenters. The Balaban J connectivity index is 2.08. The van der Waals surface area contributed by atoms with E-state index < -0.39 is 5.97 Å². The van der Waals surface area contributed by atoms with Gasteiger partial charge in [-0.3, -0.25) is 4.79 Å². The molecule has 0 saturated carbocycles. The second-order valence-electron chi connectivity index (χ2n) is 5.93. The van der Waals surface area contributed by atoms with Crippen LogP contribution in [0.3, 0.4) is 0 Å². The minimum absolute atomic E-state index is 0.00135. The Labute approximate surface area is 141 Å². The van der Waals surface area contributed by atoms with Crippen molar-refractivity contribution < 1.29 is 14.3 Å². The number of esters is 1. The van der Waals surface area contributed by atoms with Gasteiger partial charge < -0.3 is 9.64 Å². The summed E-state index contributed by atoms with van der Waals surface area (Å²) in [5, 5.41) is 4.51. The lowest BCUT2D eigenvalue weighted by atomic mass is 10.0. The van der Waals surface area contributed by atoms with Crippen molar-refractivity contribution in [3.63, 3.8) is 0 Å². The minimum atomic E-state index is -0.440. The van der Waals surface area contributed by atoms with Gasteiger partial charge in [0.05, 0.1) is 18.0 Å². The average Bonchev–Trinajstić information content (AvgIpc) is 2.94. The number of hydrogen-bond donors (Lipinski definition) is 0. The standard InChI is InChI=1S/C18H21N3O3/c1-4-24-18(23)17-15-11-20(13(3)22)10-9-16(15)21(19-17)14-7-5-12(2)6-8-14/h5-8H,4,9-11H2,1-3H3. The summed E-state index contributed by atoms with van der Waals surface area (Å²) in [4.78, 5) is 25.7. The van der Waals surface area contributed by atoms with E-state index in [2.05, 4.69) is 5.10 Å². The predicted octanol–water partition coefficient (Wildman–Crippen LogP) is 2.26. The average molecular weight is 327 g/mol. The Kier molecular flexibility index (Phi) is 4.38. The number of benzene rings is 1. The normalized spacial score (nSPS) is 13.5. The van der Waals surface area contributed by atoms with E-state index in [1.165, 1.54) is 0 Å². The van der Waals surface area contributed by atoms with Crippen molar-refractivity contribution >= 4 is 11.9 Å². The first-order valence-electron chi connectivity index (χ1n) is 8.11. The summed E-state index contributed by atoms with van der Waals surface area (Å²) in [6, 6.07) is 7.99. The van der Waals surface area contributed by atoms with Gasteiger partial charge in [0.15, 0.2) is 5.69 Å². The van der Waals surface area contributed by atoms with Crippen molar-refractivity contribution in [3.8, 4) is 5.69 Å². The quantitative estimate of drug-likeness (QED) is 0.811. The largest absolute Gasteiger partial charge is 0.461 e. The van der Waals surface area contributed by atoms with Gasteiger partial charge >= 0.3 is 5.97 Å². The van der Waals surface area contributed by atoms with Crippen LogP contribution in [0.25, 0.3) is 5.69 Å². The van der Waals surface area contributed by atoms with Gasteiger partial charge in [0.2, 0.25) is 5.91 Å². The Hall–Kier alpha value is -2.63. The van der Waals surface area contributed by atoms with E-state index in [4.69, 9.17) is 4.74 Å². The number of fused-ring (bicyclic) bond motifs is 1. The van der Waals surface area contributed by atoms with E-state index >= 15 is 0 Å². The Morgan fingerprint density at radius 1 is 1.25 bits per heavy atom. The molecule has 0 fully saturated rings. The van der Waals surface area contributed by atoms with Gasteiger partial charge in [-0.2, -0.15) is 5.10 Å². The number of rotatable bonds is 3. The van der Waals surface area contributed by atoms with Crippen LogP contribution in [0.4, 0.5) is 0 Å². The lowest BCUT2D eigenvalue weighted by Crippen LogP contribution is -2.35. The van der Waals surface area contributed by atoms with E-state index in [0.717, 1.165) is 22.5 Å². The van der Waals surface area contributed by atoms with E-state index in [1.54, 1.807) is 23.4 Å². The number of ether oxygens (including phenoxy) is 1.